The van der Waals surface area contributed by atoms with Gasteiger partial charge in [0.15, 0.2) is 0 Å². The van der Waals surface area contributed by atoms with Gasteiger partial charge in [-0.1, -0.05) is 30.3 Å². The highest BCUT2D eigenvalue weighted by Crippen LogP contribution is 2.30. The van der Waals surface area contributed by atoms with Gasteiger partial charge in [-0.2, -0.15) is 0 Å². The van der Waals surface area contributed by atoms with Crippen molar-refractivity contribution in [2.45, 2.75) is 26.4 Å². The van der Waals surface area contributed by atoms with Crippen LogP contribution in [-0.4, -0.2) is 72.7 Å². The van der Waals surface area contributed by atoms with Gasteiger partial charge in [0, 0.05) is 57.6 Å². The third-order valence-electron chi connectivity index (χ3n) is 5.28. The zero-order valence-electron chi connectivity index (χ0n) is 19.9. The number of carbonyl (C=O) groups excluding carboxylic acids is 2. The Labute approximate surface area is 200 Å². The summed E-state index contributed by atoms with van der Waals surface area (Å²) in [4.78, 5) is 34.6. The highest BCUT2D eigenvalue weighted by atomic mass is 35.5. The second kappa shape index (κ2) is 9.83. The molecular formula is C25H31ClN4O3. The Balaban J connectivity index is 1.76. The van der Waals surface area contributed by atoms with E-state index < -0.39 is 5.60 Å². The fourth-order valence-corrected chi connectivity index (χ4v) is 3.84. The summed E-state index contributed by atoms with van der Waals surface area (Å²) >= 11 is 6.39. The molecule has 33 heavy (non-hydrogen) atoms. The van der Waals surface area contributed by atoms with Crippen LogP contribution in [0, 0.1) is 0 Å². The van der Waals surface area contributed by atoms with Crippen molar-refractivity contribution in [3.8, 4) is 11.1 Å². The van der Waals surface area contributed by atoms with Crippen molar-refractivity contribution in [2.24, 2.45) is 0 Å². The molecule has 0 N–H and O–H groups in total. The van der Waals surface area contributed by atoms with Crippen LogP contribution in [0.5, 0.6) is 0 Å². The zero-order valence-corrected chi connectivity index (χ0v) is 20.6. The van der Waals surface area contributed by atoms with Crippen molar-refractivity contribution >= 4 is 35.5 Å². The van der Waals surface area contributed by atoms with E-state index >= 15 is 0 Å². The maximum atomic E-state index is 12.3. The number of hydrogen-bond donors (Lipinski definition) is 0. The van der Waals surface area contributed by atoms with Crippen molar-refractivity contribution in [3.05, 3.63) is 53.2 Å². The number of hydrogen-bond acceptors (Lipinski definition) is 5. The van der Waals surface area contributed by atoms with Crippen molar-refractivity contribution in [2.75, 3.05) is 45.2 Å². The number of piperazine rings is 1. The lowest BCUT2D eigenvalue weighted by Crippen LogP contribution is -2.50. The second-order valence-electron chi connectivity index (χ2n) is 9.19. The molecule has 3 rings (SSSR count). The van der Waals surface area contributed by atoms with E-state index in [1.165, 1.54) is 4.90 Å². The van der Waals surface area contributed by atoms with Gasteiger partial charge in [-0.15, -0.1) is 0 Å². The SMILES string of the molecule is C=Cc1cc(-c2ccc(C(=O)N(C)C)c(Cl)c2)cnc1N1CCN(C(=O)OC(C)(C)C)CC1. The predicted molar refractivity (Wildman–Crippen MR) is 133 cm³/mol. The molecule has 1 saturated heterocycles. The van der Waals surface area contributed by atoms with E-state index in [4.69, 9.17) is 21.3 Å². The Morgan fingerprint density at radius 2 is 1.79 bits per heavy atom. The van der Waals surface area contributed by atoms with Crippen LogP contribution in [0.2, 0.25) is 5.02 Å². The largest absolute Gasteiger partial charge is 0.444 e. The molecule has 1 fully saturated rings. The Morgan fingerprint density at radius 3 is 2.33 bits per heavy atom. The summed E-state index contributed by atoms with van der Waals surface area (Å²) in [6.45, 7) is 12.0. The molecule has 2 aromatic rings. The summed E-state index contributed by atoms with van der Waals surface area (Å²) in [6.07, 6.45) is 3.28. The van der Waals surface area contributed by atoms with E-state index in [0.29, 0.717) is 36.8 Å². The first-order valence-electron chi connectivity index (χ1n) is 10.9. The van der Waals surface area contributed by atoms with Crippen LogP contribution in [0.1, 0.15) is 36.7 Å². The molecule has 0 unspecified atom stereocenters. The van der Waals surface area contributed by atoms with Crippen LogP contribution in [-0.2, 0) is 4.74 Å². The number of nitrogens with zero attached hydrogens (tertiary/aromatic N) is 4. The van der Waals surface area contributed by atoms with Crippen LogP contribution >= 0.6 is 11.6 Å². The van der Waals surface area contributed by atoms with Crippen LogP contribution in [0.4, 0.5) is 10.6 Å². The van der Waals surface area contributed by atoms with Gasteiger partial charge >= 0.3 is 6.09 Å². The number of carbonyl (C=O) groups is 2. The Bertz CT molecular complexity index is 1050. The fourth-order valence-electron chi connectivity index (χ4n) is 3.58. The minimum absolute atomic E-state index is 0.141. The molecule has 176 valence electrons. The normalized spacial score (nSPS) is 14.1. The average Bonchev–Trinajstić information content (AvgIpc) is 2.77. The summed E-state index contributed by atoms with van der Waals surface area (Å²) in [6, 6.07) is 7.39. The van der Waals surface area contributed by atoms with E-state index in [1.807, 2.05) is 32.9 Å². The van der Waals surface area contributed by atoms with Crippen molar-refractivity contribution in [1.29, 1.82) is 0 Å². The van der Waals surface area contributed by atoms with Gasteiger partial charge in [0.1, 0.15) is 11.4 Å². The van der Waals surface area contributed by atoms with Gasteiger partial charge in [0.25, 0.3) is 5.91 Å². The summed E-state index contributed by atoms with van der Waals surface area (Å²) in [7, 11) is 3.39. The molecule has 0 spiro atoms. The molecular weight excluding hydrogens is 440 g/mol. The third kappa shape index (κ3) is 5.85. The van der Waals surface area contributed by atoms with Crippen LogP contribution < -0.4 is 4.90 Å². The molecule has 7 nitrogen and oxygen atoms in total. The summed E-state index contributed by atoms with van der Waals surface area (Å²) in [5, 5.41) is 0.397. The van der Waals surface area contributed by atoms with E-state index in [0.717, 1.165) is 22.5 Å². The average molecular weight is 471 g/mol. The minimum Gasteiger partial charge on any atom is -0.444 e. The van der Waals surface area contributed by atoms with Gasteiger partial charge in [-0.3, -0.25) is 4.79 Å². The first-order valence-corrected chi connectivity index (χ1v) is 11.2. The molecule has 1 aliphatic heterocycles. The van der Waals surface area contributed by atoms with E-state index in [-0.39, 0.29) is 12.0 Å². The summed E-state index contributed by atoms with van der Waals surface area (Å²) in [5.74, 6) is 0.681. The van der Waals surface area contributed by atoms with Crippen molar-refractivity contribution < 1.29 is 14.3 Å². The smallest absolute Gasteiger partial charge is 0.410 e. The number of ether oxygens (including phenoxy) is 1. The lowest BCUT2D eigenvalue weighted by atomic mass is 10.0. The summed E-state index contributed by atoms with van der Waals surface area (Å²) < 4.78 is 5.48. The molecule has 0 atom stereocenters. The van der Waals surface area contributed by atoms with Gasteiger partial charge < -0.3 is 19.4 Å². The Morgan fingerprint density at radius 1 is 1.12 bits per heavy atom. The van der Waals surface area contributed by atoms with Crippen LogP contribution in [0.25, 0.3) is 17.2 Å². The number of aromatic nitrogens is 1. The number of benzene rings is 1. The molecule has 2 amide bonds. The summed E-state index contributed by atoms with van der Waals surface area (Å²) in [5.41, 5.74) is 2.59. The molecule has 1 aromatic heterocycles. The lowest BCUT2D eigenvalue weighted by Gasteiger charge is -2.36. The molecule has 0 aliphatic carbocycles. The van der Waals surface area contributed by atoms with Crippen LogP contribution in [0.3, 0.4) is 0 Å². The van der Waals surface area contributed by atoms with E-state index in [1.54, 1.807) is 43.4 Å². The quantitative estimate of drug-likeness (QED) is 0.641. The highest BCUT2D eigenvalue weighted by Gasteiger charge is 2.27. The first-order chi connectivity index (χ1) is 15.5. The third-order valence-corrected chi connectivity index (χ3v) is 5.60. The molecule has 1 aromatic carbocycles. The fraction of sp³-hybridized carbons (Fsp3) is 0.400. The number of rotatable bonds is 4. The monoisotopic (exact) mass is 470 g/mol. The molecule has 1 aliphatic rings. The molecule has 0 radical (unpaired) electrons. The number of halogens is 1. The maximum Gasteiger partial charge on any atom is 0.410 e. The maximum absolute atomic E-state index is 12.3. The van der Waals surface area contributed by atoms with Crippen molar-refractivity contribution in [1.82, 2.24) is 14.8 Å². The Kier molecular flexibility index (Phi) is 7.32. The van der Waals surface area contributed by atoms with Crippen molar-refractivity contribution in [3.63, 3.8) is 0 Å². The first kappa shape index (κ1) is 24.6. The molecule has 0 saturated carbocycles. The minimum atomic E-state index is -0.511. The highest BCUT2D eigenvalue weighted by molar-refractivity contribution is 6.34. The topological polar surface area (TPSA) is 66.0 Å². The molecule has 2 heterocycles. The van der Waals surface area contributed by atoms with Crippen LogP contribution in [0.15, 0.2) is 37.0 Å². The number of pyridine rings is 1. The number of amides is 2. The van der Waals surface area contributed by atoms with Gasteiger partial charge in [-0.05, 0) is 44.5 Å². The second-order valence-corrected chi connectivity index (χ2v) is 9.60. The number of anilines is 1. The van der Waals surface area contributed by atoms with Gasteiger partial charge in [0.05, 0.1) is 10.6 Å². The van der Waals surface area contributed by atoms with Gasteiger partial charge in [0.2, 0.25) is 0 Å². The zero-order chi connectivity index (χ0) is 24.3. The Hall–Kier alpha value is -3.06. The van der Waals surface area contributed by atoms with E-state index in [2.05, 4.69) is 11.5 Å². The lowest BCUT2D eigenvalue weighted by molar-refractivity contribution is 0.0240. The molecule has 0 bridgehead atoms. The predicted octanol–water partition coefficient (Wildman–Crippen LogP) is 4.80. The van der Waals surface area contributed by atoms with Gasteiger partial charge in [-0.25, -0.2) is 9.78 Å². The molecule has 8 heteroatoms. The standard InChI is InChI=1S/C25H31ClN4O3/c1-7-17-14-19(18-8-9-20(21(26)15-18)23(31)28(5)6)16-27-22(17)29-10-12-30(13-11-29)24(32)33-25(2,3)4/h7-9,14-16H,1,10-13H2,2-6H3. The van der Waals surface area contributed by atoms with E-state index in [9.17, 15) is 9.59 Å².